The van der Waals surface area contributed by atoms with E-state index in [1.54, 1.807) is 25.3 Å². The van der Waals surface area contributed by atoms with Crippen LogP contribution in [0.25, 0.3) is 0 Å². The number of nitrogen functional groups attached to an aromatic ring is 1. The number of hydrogen-bond acceptors (Lipinski definition) is 4. The molecule has 1 fully saturated rings. The third kappa shape index (κ3) is 2.72. The van der Waals surface area contributed by atoms with Gasteiger partial charge >= 0.3 is 0 Å². The molecule has 0 aromatic heterocycles. The molecule has 1 atom stereocenters. The molecule has 1 saturated heterocycles. The van der Waals surface area contributed by atoms with Gasteiger partial charge in [0, 0.05) is 29.7 Å². The Morgan fingerprint density at radius 1 is 1.56 bits per heavy atom. The molecule has 0 radical (unpaired) electrons. The van der Waals surface area contributed by atoms with Gasteiger partial charge in [-0.05, 0) is 18.2 Å². The molecule has 1 amide bonds. The highest BCUT2D eigenvalue weighted by Crippen LogP contribution is 2.24. The van der Waals surface area contributed by atoms with Crippen LogP contribution >= 0.6 is 11.8 Å². The fraction of sp³-hybridized carbons (Fsp3) is 0.462. The third-order valence-electron chi connectivity index (χ3n) is 3.00. The lowest BCUT2D eigenvalue weighted by atomic mass is 10.1. The van der Waals surface area contributed by atoms with Crippen molar-refractivity contribution in [3.05, 3.63) is 23.8 Å². The zero-order valence-corrected chi connectivity index (χ0v) is 11.5. The average molecular weight is 266 g/mol. The fourth-order valence-electron chi connectivity index (χ4n) is 2.05. The first-order valence-electron chi connectivity index (χ1n) is 5.96. The van der Waals surface area contributed by atoms with Crippen molar-refractivity contribution in [2.24, 2.45) is 0 Å². The van der Waals surface area contributed by atoms with Crippen molar-refractivity contribution in [3.8, 4) is 5.75 Å². The number of thioether (sulfide) groups is 1. The van der Waals surface area contributed by atoms with Gasteiger partial charge in [-0.2, -0.15) is 11.8 Å². The highest BCUT2D eigenvalue weighted by molar-refractivity contribution is 7.99. The van der Waals surface area contributed by atoms with Crippen LogP contribution in [0.3, 0.4) is 0 Å². The molecule has 1 unspecified atom stereocenters. The fourth-order valence-corrected chi connectivity index (χ4v) is 3.07. The molecular weight excluding hydrogens is 248 g/mol. The molecule has 2 rings (SSSR count). The van der Waals surface area contributed by atoms with Crippen molar-refractivity contribution >= 4 is 23.4 Å². The number of nitrogens with zero attached hydrogens (tertiary/aromatic N) is 1. The number of ether oxygens (including phenoxy) is 1. The quantitative estimate of drug-likeness (QED) is 0.830. The Labute approximate surface area is 111 Å². The van der Waals surface area contributed by atoms with Gasteiger partial charge in [-0.1, -0.05) is 6.92 Å². The molecule has 1 aliphatic rings. The molecule has 1 aliphatic heterocycles. The molecule has 1 aromatic rings. The highest BCUT2D eigenvalue weighted by Gasteiger charge is 2.22. The van der Waals surface area contributed by atoms with Crippen LogP contribution < -0.4 is 10.5 Å². The maximum atomic E-state index is 12.3. The van der Waals surface area contributed by atoms with Gasteiger partial charge in [0.1, 0.15) is 5.75 Å². The van der Waals surface area contributed by atoms with Crippen LogP contribution in [0, 0.1) is 0 Å². The van der Waals surface area contributed by atoms with Crippen LogP contribution in [-0.4, -0.2) is 42.0 Å². The Morgan fingerprint density at radius 3 is 2.94 bits per heavy atom. The van der Waals surface area contributed by atoms with E-state index in [-0.39, 0.29) is 5.91 Å². The van der Waals surface area contributed by atoms with Gasteiger partial charge in [-0.15, -0.1) is 0 Å². The summed E-state index contributed by atoms with van der Waals surface area (Å²) >= 11 is 1.91. The zero-order valence-electron chi connectivity index (χ0n) is 10.7. The van der Waals surface area contributed by atoms with Gasteiger partial charge in [-0.3, -0.25) is 4.79 Å². The lowest BCUT2D eigenvalue weighted by molar-refractivity contribution is 0.0763. The lowest BCUT2D eigenvalue weighted by Gasteiger charge is -2.30. The summed E-state index contributed by atoms with van der Waals surface area (Å²) < 4.78 is 5.09. The van der Waals surface area contributed by atoms with E-state index in [0.29, 0.717) is 22.3 Å². The van der Waals surface area contributed by atoms with E-state index in [9.17, 15) is 4.79 Å². The smallest absolute Gasteiger partial charge is 0.253 e. The monoisotopic (exact) mass is 266 g/mol. The second kappa shape index (κ2) is 5.52. The van der Waals surface area contributed by atoms with Gasteiger partial charge in [-0.25, -0.2) is 0 Å². The molecule has 18 heavy (non-hydrogen) atoms. The molecule has 0 spiro atoms. The third-order valence-corrected chi connectivity index (χ3v) is 4.14. The van der Waals surface area contributed by atoms with Crippen LogP contribution in [0.5, 0.6) is 5.75 Å². The van der Waals surface area contributed by atoms with E-state index in [2.05, 4.69) is 6.92 Å². The van der Waals surface area contributed by atoms with Crippen molar-refractivity contribution < 1.29 is 9.53 Å². The van der Waals surface area contributed by atoms with Gasteiger partial charge in [0.05, 0.1) is 12.8 Å². The molecule has 2 N–H and O–H groups in total. The first-order valence-corrected chi connectivity index (χ1v) is 7.01. The predicted molar refractivity (Wildman–Crippen MR) is 75.2 cm³/mol. The van der Waals surface area contributed by atoms with Crippen molar-refractivity contribution in [1.29, 1.82) is 0 Å². The number of benzene rings is 1. The van der Waals surface area contributed by atoms with Gasteiger partial charge < -0.3 is 15.4 Å². The minimum absolute atomic E-state index is 0.0523. The number of amides is 1. The Morgan fingerprint density at radius 2 is 2.33 bits per heavy atom. The number of carbonyl (C=O) groups excluding carboxylic acids is 1. The van der Waals surface area contributed by atoms with E-state index >= 15 is 0 Å². The summed E-state index contributed by atoms with van der Waals surface area (Å²) in [4.78, 5) is 14.2. The van der Waals surface area contributed by atoms with Crippen LogP contribution in [0.15, 0.2) is 18.2 Å². The summed E-state index contributed by atoms with van der Waals surface area (Å²) in [5, 5.41) is 0.498. The summed E-state index contributed by atoms with van der Waals surface area (Å²) in [5.74, 6) is 1.66. The normalized spacial score (nSPS) is 19.7. The summed E-state index contributed by atoms with van der Waals surface area (Å²) in [6, 6.07) is 5.20. The van der Waals surface area contributed by atoms with E-state index in [1.165, 1.54) is 0 Å². The van der Waals surface area contributed by atoms with Gasteiger partial charge in [0.15, 0.2) is 0 Å². The Balaban J connectivity index is 2.15. The largest absolute Gasteiger partial charge is 0.495 e. The number of methoxy groups -OCH3 is 1. The van der Waals surface area contributed by atoms with E-state index in [1.807, 2.05) is 16.7 Å². The van der Waals surface area contributed by atoms with Crippen LogP contribution in [0.4, 0.5) is 5.69 Å². The first-order chi connectivity index (χ1) is 8.61. The summed E-state index contributed by atoms with van der Waals surface area (Å²) in [6.45, 7) is 3.75. The van der Waals surface area contributed by atoms with Crippen LogP contribution in [0.1, 0.15) is 17.3 Å². The molecular formula is C13H18N2O2S. The summed E-state index contributed by atoms with van der Waals surface area (Å²) in [7, 11) is 1.57. The number of anilines is 1. The van der Waals surface area contributed by atoms with Gasteiger partial charge in [0.2, 0.25) is 0 Å². The van der Waals surface area contributed by atoms with E-state index < -0.39 is 0 Å². The topological polar surface area (TPSA) is 55.6 Å². The van der Waals surface area contributed by atoms with Gasteiger partial charge in [0.25, 0.3) is 5.91 Å². The molecule has 4 nitrogen and oxygen atoms in total. The number of carbonyl (C=O) groups is 1. The van der Waals surface area contributed by atoms with Crippen LogP contribution in [0.2, 0.25) is 0 Å². The predicted octanol–water partition coefficient (Wildman–Crippen LogP) is 1.85. The lowest BCUT2D eigenvalue weighted by Crippen LogP contribution is -2.41. The maximum absolute atomic E-state index is 12.3. The second-order valence-electron chi connectivity index (χ2n) is 4.39. The average Bonchev–Trinajstić information content (AvgIpc) is 2.37. The molecule has 5 heteroatoms. The minimum Gasteiger partial charge on any atom is -0.495 e. The number of nitrogens with two attached hydrogens (primary N) is 1. The van der Waals surface area contributed by atoms with Crippen molar-refractivity contribution in [2.45, 2.75) is 12.2 Å². The molecule has 0 aliphatic carbocycles. The Hall–Kier alpha value is -1.36. The first kappa shape index (κ1) is 13.1. The Kier molecular flexibility index (Phi) is 4.01. The van der Waals surface area contributed by atoms with Crippen molar-refractivity contribution in [1.82, 2.24) is 4.90 Å². The number of hydrogen-bond donors (Lipinski definition) is 1. The van der Waals surface area contributed by atoms with Crippen LogP contribution in [-0.2, 0) is 0 Å². The SMILES string of the molecule is COc1ccc(C(=O)N2CCSC(C)C2)cc1N. The maximum Gasteiger partial charge on any atom is 0.253 e. The molecule has 1 heterocycles. The number of rotatable bonds is 2. The summed E-state index contributed by atoms with van der Waals surface area (Å²) in [6.07, 6.45) is 0. The molecule has 0 saturated carbocycles. The molecule has 98 valence electrons. The zero-order chi connectivity index (χ0) is 13.1. The summed E-state index contributed by atoms with van der Waals surface area (Å²) in [5.41, 5.74) is 6.96. The molecule has 1 aromatic carbocycles. The minimum atomic E-state index is 0.0523. The van der Waals surface area contributed by atoms with Crippen molar-refractivity contribution in [2.75, 3.05) is 31.7 Å². The standard InChI is InChI=1S/C13H18N2O2S/c1-9-8-15(5-6-18-9)13(16)10-3-4-12(17-2)11(14)7-10/h3-4,7,9H,5-6,8,14H2,1-2H3. The van der Waals surface area contributed by atoms with E-state index in [0.717, 1.165) is 18.8 Å². The van der Waals surface area contributed by atoms with Crippen molar-refractivity contribution in [3.63, 3.8) is 0 Å². The highest BCUT2D eigenvalue weighted by atomic mass is 32.2. The Bertz CT molecular complexity index is 451. The molecule has 0 bridgehead atoms. The van der Waals surface area contributed by atoms with E-state index in [4.69, 9.17) is 10.5 Å². The second-order valence-corrected chi connectivity index (χ2v) is 5.94.